The third kappa shape index (κ3) is 9.28. The van der Waals surface area contributed by atoms with Crippen molar-refractivity contribution in [2.45, 2.75) is 77.6 Å². The maximum Gasteiger partial charge on any atom is 0.302 e. The van der Waals surface area contributed by atoms with Gasteiger partial charge in [-0.2, -0.15) is 0 Å². The first-order valence-electron chi connectivity index (χ1n) is 8.85. The fourth-order valence-electron chi connectivity index (χ4n) is 2.96. The van der Waals surface area contributed by atoms with Gasteiger partial charge in [0.1, 0.15) is 0 Å². The van der Waals surface area contributed by atoms with E-state index >= 15 is 0 Å². The van der Waals surface area contributed by atoms with Gasteiger partial charge in [-0.3, -0.25) is 4.79 Å². The fourth-order valence-corrected chi connectivity index (χ4v) is 2.96. The minimum atomic E-state index is -1.01. The van der Waals surface area contributed by atoms with Gasteiger partial charge in [0.25, 0.3) is 5.97 Å². The molecule has 1 atom stereocenters. The van der Waals surface area contributed by atoms with Gasteiger partial charge in [-0.25, -0.2) is 0 Å². The summed E-state index contributed by atoms with van der Waals surface area (Å²) in [6.45, 7) is 4.08. The van der Waals surface area contributed by atoms with Crippen LogP contribution < -0.4 is 0 Å². The Morgan fingerprint density at radius 3 is 1.91 bits per heavy atom. The number of ether oxygens (including phenoxy) is 4. The summed E-state index contributed by atoms with van der Waals surface area (Å²) in [6, 6.07) is 0. The number of carbonyl (C=O) groups excluding carboxylic acids is 1. The normalized spacial score (nSPS) is 13.1. The highest BCUT2D eigenvalue weighted by Crippen LogP contribution is 2.32. The number of esters is 1. The van der Waals surface area contributed by atoms with E-state index in [4.69, 9.17) is 18.9 Å². The second kappa shape index (κ2) is 13.8. The Bertz CT molecular complexity index is 281. The molecule has 0 fully saturated rings. The molecule has 0 radical (unpaired) electrons. The zero-order valence-electron chi connectivity index (χ0n) is 15.7. The van der Waals surface area contributed by atoms with Crippen LogP contribution in [0.5, 0.6) is 0 Å². The van der Waals surface area contributed by atoms with Crippen molar-refractivity contribution in [3.8, 4) is 0 Å². The lowest BCUT2D eigenvalue weighted by Crippen LogP contribution is -2.44. The first-order chi connectivity index (χ1) is 11.1. The molecule has 0 saturated heterocycles. The Hall–Kier alpha value is -0.650. The van der Waals surface area contributed by atoms with Crippen molar-refractivity contribution in [2.24, 2.45) is 5.92 Å². The zero-order chi connectivity index (χ0) is 17.6. The largest absolute Gasteiger partial charge is 0.466 e. The summed E-state index contributed by atoms with van der Waals surface area (Å²) in [4.78, 5) is 10.9. The van der Waals surface area contributed by atoms with Crippen LogP contribution in [-0.4, -0.2) is 39.9 Å². The Morgan fingerprint density at radius 1 is 0.870 bits per heavy atom. The van der Waals surface area contributed by atoms with Crippen LogP contribution in [0.1, 0.15) is 71.6 Å². The van der Waals surface area contributed by atoms with Gasteiger partial charge < -0.3 is 18.9 Å². The van der Waals surface area contributed by atoms with E-state index in [1.165, 1.54) is 39.0 Å². The van der Waals surface area contributed by atoms with E-state index in [1.807, 2.05) is 0 Å². The second-order valence-corrected chi connectivity index (χ2v) is 5.95. The first-order valence-corrected chi connectivity index (χ1v) is 8.85. The molecule has 0 heterocycles. The van der Waals surface area contributed by atoms with E-state index in [2.05, 4.69) is 6.92 Å². The molecule has 0 aromatic heterocycles. The monoisotopic (exact) mass is 332 g/mol. The van der Waals surface area contributed by atoms with Crippen LogP contribution in [0.4, 0.5) is 0 Å². The van der Waals surface area contributed by atoms with Crippen LogP contribution in [0, 0.1) is 5.92 Å². The van der Waals surface area contributed by atoms with Crippen molar-refractivity contribution in [1.29, 1.82) is 0 Å². The van der Waals surface area contributed by atoms with Crippen LogP contribution in [0.3, 0.4) is 0 Å². The highest BCUT2D eigenvalue weighted by molar-refractivity contribution is 5.65. The molecule has 0 aromatic rings. The minimum absolute atomic E-state index is 0.115. The van der Waals surface area contributed by atoms with E-state index in [0.29, 0.717) is 6.61 Å². The summed E-state index contributed by atoms with van der Waals surface area (Å²) in [5.74, 6) is -1.14. The summed E-state index contributed by atoms with van der Waals surface area (Å²) in [6.07, 6.45) is 10.1. The maximum absolute atomic E-state index is 10.9. The zero-order valence-corrected chi connectivity index (χ0v) is 15.7. The molecular formula is C18H36O5. The SMILES string of the molecule is CCCCCCCC[C@H](CCCOC(C)=O)C(OC)(OC)OC. The molecular weight excluding hydrogens is 296 g/mol. The van der Waals surface area contributed by atoms with E-state index in [0.717, 1.165) is 25.7 Å². The van der Waals surface area contributed by atoms with Crippen molar-refractivity contribution in [3.05, 3.63) is 0 Å². The third-order valence-corrected chi connectivity index (χ3v) is 4.26. The van der Waals surface area contributed by atoms with Crippen LogP contribution in [0.15, 0.2) is 0 Å². The minimum Gasteiger partial charge on any atom is -0.466 e. The number of rotatable bonds is 15. The average molecular weight is 332 g/mol. The van der Waals surface area contributed by atoms with Gasteiger partial charge in [-0.15, -0.1) is 0 Å². The standard InChI is InChI=1S/C18H36O5/c1-6-7-8-9-10-11-13-17(14-12-15-23-16(2)19)18(20-3,21-4)22-5/h17H,6-15H2,1-5H3/t17-/m1/s1. The molecule has 0 aliphatic rings. The molecule has 23 heavy (non-hydrogen) atoms. The Morgan fingerprint density at radius 2 is 1.39 bits per heavy atom. The molecule has 0 spiro atoms. The molecule has 0 aliphatic carbocycles. The van der Waals surface area contributed by atoms with Crippen molar-refractivity contribution >= 4 is 5.97 Å². The van der Waals surface area contributed by atoms with Gasteiger partial charge in [0, 0.05) is 34.2 Å². The lowest BCUT2D eigenvalue weighted by Gasteiger charge is -2.36. The van der Waals surface area contributed by atoms with Crippen molar-refractivity contribution < 1.29 is 23.7 Å². The van der Waals surface area contributed by atoms with E-state index in [9.17, 15) is 4.79 Å². The topological polar surface area (TPSA) is 54.0 Å². The predicted octanol–water partition coefficient (Wildman–Crippen LogP) is 4.29. The fraction of sp³-hybridized carbons (Fsp3) is 0.944. The van der Waals surface area contributed by atoms with Gasteiger partial charge in [0.05, 0.1) is 6.61 Å². The van der Waals surface area contributed by atoms with Crippen molar-refractivity contribution in [3.63, 3.8) is 0 Å². The predicted molar refractivity (Wildman–Crippen MR) is 91.1 cm³/mol. The van der Waals surface area contributed by atoms with E-state index in [1.54, 1.807) is 21.3 Å². The smallest absolute Gasteiger partial charge is 0.302 e. The molecule has 138 valence electrons. The molecule has 0 unspecified atom stereocenters. The summed E-state index contributed by atoms with van der Waals surface area (Å²) in [5.41, 5.74) is 0. The van der Waals surface area contributed by atoms with Gasteiger partial charge in [-0.1, -0.05) is 45.4 Å². The van der Waals surface area contributed by atoms with Gasteiger partial charge in [0.15, 0.2) is 0 Å². The third-order valence-electron chi connectivity index (χ3n) is 4.26. The molecule has 0 bridgehead atoms. The highest BCUT2D eigenvalue weighted by Gasteiger charge is 2.39. The average Bonchev–Trinajstić information content (AvgIpc) is 2.55. The summed E-state index contributed by atoms with van der Waals surface area (Å²) >= 11 is 0. The number of hydrogen-bond donors (Lipinski definition) is 0. The van der Waals surface area contributed by atoms with E-state index < -0.39 is 5.97 Å². The van der Waals surface area contributed by atoms with Crippen molar-refractivity contribution in [1.82, 2.24) is 0 Å². The highest BCUT2D eigenvalue weighted by atomic mass is 16.9. The number of unbranched alkanes of at least 4 members (excludes halogenated alkanes) is 5. The first kappa shape index (κ1) is 22.4. The summed E-state index contributed by atoms with van der Waals surface area (Å²) in [5, 5.41) is 0. The lowest BCUT2D eigenvalue weighted by atomic mass is 9.93. The molecule has 0 amide bonds. The molecule has 5 heteroatoms. The Kier molecular flexibility index (Phi) is 13.4. The quantitative estimate of drug-likeness (QED) is 0.254. The van der Waals surface area contributed by atoms with Gasteiger partial charge in [0.2, 0.25) is 0 Å². The van der Waals surface area contributed by atoms with Gasteiger partial charge in [-0.05, 0) is 19.3 Å². The molecule has 0 N–H and O–H groups in total. The Balaban J connectivity index is 4.39. The van der Waals surface area contributed by atoms with Crippen LogP contribution in [0.25, 0.3) is 0 Å². The van der Waals surface area contributed by atoms with Crippen LogP contribution in [0.2, 0.25) is 0 Å². The summed E-state index contributed by atoms with van der Waals surface area (Å²) in [7, 11) is 4.81. The van der Waals surface area contributed by atoms with Gasteiger partial charge >= 0.3 is 5.97 Å². The Labute approximate surface area is 142 Å². The second-order valence-electron chi connectivity index (χ2n) is 5.95. The van der Waals surface area contributed by atoms with E-state index in [-0.39, 0.29) is 11.9 Å². The molecule has 0 saturated carbocycles. The molecule has 0 rings (SSSR count). The lowest BCUT2D eigenvalue weighted by molar-refractivity contribution is -0.380. The van der Waals surface area contributed by atoms with Crippen LogP contribution >= 0.6 is 0 Å². The molecule has 5 nitrogen and oxygen atoms in total. The van der Waals surface area contributed by atoms with Crippen LogP contribution in [-0.2, 0) is 23.7 Å². The number of carbonyl (C=O) groups is 1. The number of methoxy groups -OCH3 is 3. The van der Waals surface area contributed by atoms with Crippen molar-refractivity contribution in [2.75, 3.05) is 27.9 Å². The molecule has 0 aromatic carbocycles. The molecule has 0 aliphatic heterocycles. The maximum atomic E-state index is 10.9. The summed E-state index contributed by atoms with van der Waals surface area (Å²) < 4.78 is 21.6. The number of hydrogen-bond acceptors (Lipinski definition) is 5.